The normalized spacial score (nSPS) is 20.5. The van der Waals surface area contributed by atoms with Gasteiger partial charge in [-0.05, 0) is 42.9 Å². The molecule has 0 amide bonds. The van der Waals surface area contributed by atoms with Gasteiger partial charge >= 0.3 is 0 Å². The van der Waals surface area contributed by atoms with Gasteiger partial charge in [0, 0.05) is 5.56 Å². The highest BCUT2D eigenvalue weighted by Crippen LogP contribution is 2.47. The van der Waals surface area contributed by atoms with Gasteiger partial charge in [0.25, 0.3) is 0 Å². The summed E-state index contributed by atoms with van der Waals surface area (Å²) in [5.74, 6) is -0.966. The maximum atomic E-state index is 13.8. The van der Waals surface area contributed by atoms with Crippen LogP contribution in [0.15, 0.2) is 12.1 Å². The summed E-state index contributed by atoms with van der Waals surface area (Å²) in [7, 11) is 0. The second kappa shape index (κ2) is 4.37. The third kappa shape index (κ3) is 2.21. The maximum Gasteiger partial charge on any atom is 0.129 e. The van der Waals surface area contributed by atoms with Crippen LogP contribution in [-0.4, -0.2) is 5.11 Å². The highest BCUT2D eigenvalue weighted by Gasteiger charge is 2.38. The van der Waals surface area contributed by atoms with Crippen molar-refractivity contribution in [3.8, 4) is 0 Å². The number of halogens is 2. The predicted octanol–water partition coefficient (Wildman–Crippen LogP) is 3.89. The Morgan fingerprint density at radius 3 is 2.35 bits per heavy atom. The monoisotopic (exact) mass is 240 g/mol. The van der Waals surface area contributed by atoms with Crippen molar-refractivity contribution in [1.82, 2.24) is 0 Å². The van der Waals surface area contributed by atoms with Crippen LogP contribution in [0.3, 0.4) is 0 Å². The highest BCUT2D eigenvalue weighted by molar-refractivity contribution is 5.28. The molecule has 0 saturated heterocycles. The lowest BCUT2D eigenvalue weighted by Crippen LogP contribution is -2.23. The molecule has 94 valence electrons. The largest absolute Gasteiger partial charge is 0.388 e. The van der Waals surface area contributed by atoms with Crippen molar-refractivity contribution in [1.29, 1.82) is 0 Å². The Labute approximate surface area is 100 Å². The van der Waals surface area contributed by atoms with Crippen LogP contribution >= 0.6 is 0 Å². The lowest BCUT2D eigenvalue weighted by molar-refractivity contribution is 0.0377. The van der Waals surface area contributed by atoms with Crippen molar-refractivity contribution in [3.63, 3.8) is 0 Å². The molecule has 0 aromatic heterocycles. The quantitative estimate of drug-likeness (QED) is 0.831. The van der Waals surface area contributed by atoms with Crippen LogP contribution in [0.5, 0.6) is 0 Å². The first-order valence-electron chi connectivity index (χ1n) is 6.08. The van der Waals surface area contributed by atoms with Crippen LogP contribution in [0, 0.1) is 24.0 Å². The fourth-order valence-electron chi connectivity index (χ4n) is 2.70. The average Bonchev–Trinajstić information content (AvgIpc) is 2.71. The molecule has 1 unspecified atom stereocenters. The summed E-state index contributed by atoms with van der Waals surface area (Å²) in [6.45, 7) is 3.47. The van der Waals surface area contributed by atoms with Gasteiger partial charge in [0.2, 0.25) is 0 Å². The van der Waals surface area contributed by atoms with Crippen LogP contribution in [-0.2, 0) is 0 Å². The molecule has 3 heteroatoms. The van der Waals surface area contributed by atoms with Crippen LogP contribution in [0.4, 0.5) is 8.78 Å². The molecule has 1 N–H and O–H groups in total. The second-order valence-electron chi connectivity index (χ2n) is 5.39. The molecular weight excluding hydrogens is 222 g/mol. The van der Waals surface area contributed by atoms with Crippen LogP contribution in [0.25, 0.3) is 0 Å². The van der Waals surface area contributed by atoms with Gasteiger partial charge in [0.15, 0.2) is 0 Å². The van der Waals surface area contributed by atoms with E-state index in [4.69, 9.17) is 0 Å². The first-order valence-corrected chi connectivity index (χ1v) is 6.08. The number of aliphatic hydroxyl groups is 1. The number of aliphatic hydroxyl groups excluding tert-OH is 1. The van der Waals surface area contributed by atoms with Crippen molar-refractivity contribution in [2.45, 2.75) is 45.6 Å². The van der Waals surface area contributed by atoms with E-state index < -0.39 is 17.7 Å². The summed E-state index contributed by atoms with van der Waals surface area (Å²) in [4.78, 5) is 0. The van der Waals surface area contributed by atoms with E-state index >= 15 is 0 Å². The summed E-state index contributed by atoms with van der Waals surface area (Å²) in [6.07, 6.45) is 2.90. The number of rotatable bonds is 2. The minimum absolute atomic E-state index is 0.0949. The average molecular weight is 240 g/mol. The third-order valence-corrected chi connectivity index (χ3v) is 3.98. The molecule has 1 aromatic carbocycles. The van der Waals surface area contributed by atoms with Gasteiger partial charge < -0.3 is 5.11 Å². The van der Waals surface area contributed by atoms with Gasteiger partial charge in [-0.25, -0.2) is 8.78 Å². The van der Waals surface area contributed by atoms with E-state index in [-0.39, 0.29) is 16.5 Å². The zero-order valence-electron chi connectivity index (χ0n) is 10.3. The summed E-state index contributed by atoms with van der Waals surface area (Å²) in [5, 5.41) is 10.3. The van der Waals surface area contributed by atoms with Crippen LogP contribution < -0.4 is 0 Å². The molecule has 1 aliphatic rings. The topological polar surface area (TPSA) is 20.2 Å². The van der Waals surface area contributed by atoms with E-state index in [9.17, 15) is 13.9 Å². The van der Waals surface area contributed by atoms with E-state index in [0.29, 0.717) is 0 Å². The zero-order valence-corrected chi connectivity index (χ0v) is 10.3. The Bertz CT molecular complexity index is 422. The van der Waals surface area contributed by atoms with E-state index in [0.717, 1.165) is 37.8 Å². The molecule has 0 bridgehead atoms. The maximum absolute atomic E-state index is 13.8. The Kier molecular flexibility index (Phi) is 3.21. The van der Waals surface area contributed by atoms with E-state index in [1.54, 1.807) is 0 Å². The Morgan fingerprint density at radius 1 is 1.18 bits per heavy atom. The standard InChI is InChI=1S/C14H18F2O/c1-9-7-12(16)10(8-11(9)15)13(17)14(2)5-3-4-6-14/h7-8,13,17H,3-6H2,1-2H3. The van der Waals surface area contributed by atoms with Crippen LogP contribution in [0.1, 0.15) is 49.8 Å². The van der Waals surface area contributed by atoms with E-state index in [2.05, 4.69) is 0 Å². The van der Waals surface area contributed by atoms with E-state index in [1.807, 2.05) is 6.92 Å². The first-order chi connectivity index (χ1) is 7.94. The Morgan fingerprint density at radius 2 is 1.76 bits per heavy atom. The fraction of sp³-hybridized carbons (Fsp3) is 0.571. The summed E-state index contributed by atoms with van der Waals surface area (Å²) in [6, 6.07) is 2.30. The summed E-state index contributed by atoms with van der Waals surface area (Å²) < 4.78 is 27.2. The smallest absolute Gasteiger partial charge is 0.129 e. The van der Waals surface area contributed by atoms with Crippen LogP contribution in [0.2, 0.25) is 0 Å². The molecule has 1 nitrogen and oxygen atoms in total. The van der Waals surface area contributed by atoms with Gasteiger partial charge in [-0.1, -0.05) is 19.8 Å². The summed E-state index contributed by atoms with van der Waals surface area (Å²) >= 11 is 0. The predicted molar refractivity (Wildman–Crippen MR) is 62.6 cm³/mol. The van der Waals surface area contributed by atoms with E-state index in [1.165, 1.54) is 6.92 Å². The molecule has 1 atom stereocenters. The van der Waals surface area contributed by atoms with Gasteiger partial charge in [-0.15, -0.1) is 0 Å². The number of hydrogen-bond donors (Lipinski definition) is 1. The van der Waals surface area contributed by atoms with Gasteiger partial charge in [-0.2, -0.15) is 0 Å². The van der Waals surface area contributed by atoms with Crippen molar-refractivity contribution in [2.24, 2.45) is 5.41 Å². The molecule has 0 heterocycles. The first kappa shape index (κ1) is 12.5. The summed E-state index contributed by atoms with van der Waals surface area (Å²) in [5.41, 5.74) is 0.0512. The number of aryl methyl sites for hydroxylation is 1. The van der Waals surface area contributed by atoms with Crippen molar-refractivity contribution in [3.05, 3.63) is 34.9 Å². The molecule has 1 saturated carbocycles. The molecule has 17 heavy (non-hydrogen) atoms. The zero-order chi connectivity index (χ0) is 12.6. The SMILES string of the molecule is Cc1cc(F)c(C(O)C2(C)CCCC2)cc1F. The molecule has 0 radical (unpaired) electrons. The molecule has 1 fully saturated rings. The van der Waals surface area contributed by atoms with Gasteiger partial charge in [0.05, 0.1) is 6.10 Å². The van der Waals surface area contributed by atoms with Gasteiger partial charge in [-0.3, -0.25) is 0 Å². The van der Waals surface area contributed by atoms with Gasteiger partial charge in [0.1, 0.15) is 11.6 Å². The lowest BCUT2D eigenvalue weighted by Gasteiger charge is -2.30. The number of hydrogen-bond acceptors (Lipinski definition) is 1. The molecule has 0 aliphatic heterocycles. The second-order valence-corrected chi connectivity index (χ2v) is 5.39. The number of benzene rings is 1. The molecular formula is C14H18F2O. The van der Waals surface area contributed by atoms with Crippen molar-refractivity contribution < 1.29 is 13.9 Å². The minimum atomic E-state index is -0.917. The molecule has 1 aromatic rings. The highest BCUT2D eigenvalue weighted by atomic mass is 19.1. The Balaban J connectivity index is 2.36. The third-order valence-electron chi connectivity index (χ3n) is 3.98. The fourth-order valence-corrected chi connectivity index (χ4v) is 2.70. The molecule has 0 spiro atoms. The van der Waals surface area contributed by atoms with Crippen molar-refractivity contribution >= 4 is 0 Å². The van der Waals surface area contributed by atoms with Crippen molar-refractivity contribution in [2.75, 3.05) is 0 Å². The Hall–Kier alpha value is -0.960. The molecule has 2 rings (SSSR count). The lowest BCUT2D eigenvalue weighted by atomic mass is 9.79. The molecule has 1 aliphatic carbocycles. The minimum Gasteiger partial charge on any atom is -0.388 e.